The Morgan fingerprint density at radius 1 is 0.879 bits per heavy atom. The van der Waals surface area contributed by atoms with Gasteiger partial charge in [0.15, 0.2) is 0 Å². The van der Waals surface area contributed by atoms with E-state index in [1.54, 1.807) is 17.0 Å². The van der Waals surface area contributed by atoms with Gasteiger partial charge in [-0.3, -0.25) is 9.59 Å². The summed E-state index contributed by atoms with van der Waals surface area (Å²) in [5.74, 6) is -0.923. The van der Waals surface area contributed by atoms with Gasteiger partial charge in [0.1, 0.15) is 5.75 Å². The monoisotopic (exact) mass is 471 g/mol. The summed E-state index contributed by atoms with van der Waals surface area (Å²) in [7, 11) is -3.73. The molecule has 4 rings (SSSR count). The SMILES string of the molecule is NC(=O)c1cc(S(=O)(=O)N2CCCC2)ccc1OC(C(=O)N1CCCCC1)c1ccccc1. The normalized spacial score (nSPS) is 18.1. The molecule has 2 fully saturated rings. The molecule has 2 aromatic carbocycles. The van der Waals surface area contributed by atoms with Crippen LogP contribution in [0.1, 0.15) is 54.1 Å². The molecule has 1 unspecified atom stereocenters. The number of rotatable bonds is 7. The minimum atomic E-state index is -3.73. The lowest BCUT2D eigenvalue weighted by molar-refractivity contribution is -0.140. The summed E-state index contributed by atoms with van der Waals surface area (Å²) in [5.41, 5.74) is 6.17. The molecule has 0 bridgehead atoms. The number of benzene rings is 2. The highest BCUT2D eigenvalue weighted by Crippen LogP contribution is 2.31. The third-order valence-corrected chi connectivity index (χ3v) is 8.05. The maximum absolute atomic E-state index is 13.4. The number of carbonyl (C=O) groups is 2. The van der Waals surface area contributed by atoms with Crippen LogP contribution in [0, 0.1) is 0 Å². The molecule has 33 heavy (non-hydrogen) atoms. The van der Waals surface area contributed by atoms with Crippen LogP contribution in [0.5, 0.6) is 5.75 Å². The second-order valence-electron chi connectivity index (χ2n) is 8.43. The second kappa shape index (κ2) is 9.93. The summed E-state index contributed by atoms with van der Waals surface area (Å²) in [6.45, 7) is 2.21. The number of nitrogens with two attached hydrogens (primary N) is 1. The summed E-state index contributed by atoms with van der Waals surface area (Å²) < 4.78 is 33.4. The first kappa shape index (κ1) is 23.3. The smallest absolute Gasteiger partial charge is 0.268 e. The first-order chi connectivity index (χ1) is 15.9. The average Bonchev–Trinajstić information content (AvgIpc) is 3.39. The van der Waals surface area contributed by atoms with E-state index < -0.39 is 22.0 Å². The quantitative estimate of drug-likeness (QED) is 0.668. The molecule has 2 saturated heterocycles. The lowest BCUT2D eigenvalue weighted by Crippen LogP contribution is -2.40. The molecule has 0 aromatic heterocycles. The molecule has 0 spiro atoms. The maximum Gasteiger partial charge on any atom is 0.268 e. The molecule has 2 aliphatic rings. The largest absolute Gasteiger partial charge is 0.475 e. The average molecular weight is 472 g/mol. The van der Waals surface area contributed by atoms with Gasteiger partial charge in [-0.25, -0.2) is 8.42 Å². The zero-order valence-corrected chi connectivity index (χ0v) is 19.3. The number of sulfonamides is 1. The Balaban J connectivity index is 1.68. The number of ether oxygens (including phenoxy) is 1. The van der Waals surface area contributed by atoms with Crippen molar-refractivity contribution in [1.29, 1.82) is 0 Å². The van der Waals surface area contributed by atoms with Gasteiger partial charge in [-0.15, -0.1) is 0 Å². The number of primary amides is 1. The van der Waals surface area contributed by atoms with Crippen LogP contribution in [0.2, 0.25) is 0 Å². The highest BCUT2D eigenvalue weighted by molar-refractivity contribution is 7.89. The molecule has 2 aromatic rings. The van der Waals surface area contributed by atoms with Gasteiger partial charge in [-0.2, -0.15) is 4.31 Å². The van der Waals surface area contributed by atoms with E-state index in [1.165, 1.54) is 22.5 Å². The van der Waals surface area contributed by atoms with Gasteiger partial charge >= 0.3 is 0 Å². The van der Waals surface area contributed by atoms with Crippen LogP contribution in [0.4, 0.5) is 0 Å². The fraction of sp³-hybridized carbons (Fsp3) is 0.417. The molecule has 1 atom stereocenters. The molecule has 8 nitrogen and oxygen atoms in total. The predicted octanol–water partition coefficient (Wildman–Crippen LogP) is 2.70. The molecule has 2 heterocycles. The van der Waals surface area contributed by atoms with Crippen molar-refractivity contribution in [3.63, 3.8) is 0 Å². The van der Waals surface area contributed by atoms with Gasteiger partial charge in [-0.1, -0.05) is 30.3 Å². The molecular formula is C24H29N3O5S. The summed E-state index contributed by atoms with van der Waals surface area (Å²) in [6, 6.07) is 13.1. The Hall–Kier alpha value is -2.91. The van der Waals surface area contributed by atoms with Gasteiger partial charge < -0.3 is 15.4 Å². The van der Waals surface area contributed by atoms with E-state index in [0.717, 1.165) is 32.1 Å². The molecule has 0 radical (unpaired) electrons. The predicted molar refractivity (Wildman–Crippen MR) is 123 cm³/mol. The number of hydrogen-bond donors (Lipinski definition) is 1. The lowest BCUT2D eigenvalue weighted by atomic mass is 10.1. The van der Waals surface area contributed by atoms with E-state index in [-0.39, 0.29) is 22.1 Å². The highest BCUT2D eigenvalue weighted by atomic mass is 32.2. The van der Waals surface area contributed by atoms with Crippen molar-refractivity contribution in [2.75, 3.05) is 26.2 Å². The lowest BCUT2D eigenvalue weighted by Gasteiger charge is -2.31. The van der Waals surface area contributed by atoms with Crippen LogP contribution >= 0.6 is 0 Å². The zero-order chi connectivity index (χ0) is 23.4. The topological polar surface area (TPSA) is 110 Å². The Morgan fingerprint density at radius 2 is 1.52 bits per heavy atom. The van der Waals surface area contributed by atoms with Crippen LogP contribution in [-0.4, -0.2) is 55.6 Å². The van der Waals surface area contributed by atoms with Crippen molar-refractivity contribution in [3.8, 4) is 5.75 Å². The van der Waals surface area contributed by atoms with Crippen molar-refractivity contribution in [3.05, 3.63) is 59.7 Å². The Labute approximate surface area is 194 Å². The fourth-order valence-corrected chi connectivity index (χ4v) is 5.88. The van der Waals surface area contributed by atoms with Crippen LogP contribution < -0.4 is 10.5 Å². The van der Waals surface area contributed by atoms with Crippen molar-refractivity contribution >= 4 is 21.8 Å². The standard InChI is InChI=1S/C24H29N3O5S/c25-23(28)20-17-19(33(30,31)27-15-7-8-16-27)11-12-21(20)32-22(18-9-3-1-4-10-18)24(29)26-13-5-2-6-14-26/h1,3-4,9-12,17,22H,2,5-8,13-16H2,(H2,25,28). The van der Waals surface area contributed by atoms with Crippen molar-refractivity contribution in [2.24, 2.45) is 5.73 Å². The first-order valence-electron chi connectivity index (χ1n) is 11.3. The van der Waals surface area contributed by atoms with E-state index >= 15 is 0 Å². The molecule has 2 aliphatic heterocycles. The van der Waals surface area contributed by atoms with Crippen molar-refractivity contribution in [1.82, 2.24) is 9.21 Å². The van der Waals surface area contributed by atoms with Gasteiger partial charge in [0, 0.05) is 31.7 Å². The van der Waals surface area contributed by atoms with Crippen molar-refractivity contribution in [2.45, 2.75) is 43.1 Å². The van der Waals surface area contributed by atoms with Gasteiger partial charge in [0.05, 0.1) is 10.5 Å². The number of amides is 2. The minimum absolute atomic E-state index is 0.0100. The summed E-state index contributed by atoms with van der Waals surface area (Å²) in [6.07, 6.45) is 3.59. The zero-order valence-electron chi connectivity index (χ0n) is 18.5. The third kappa shape index (κ3) is 5.04. The maximum atomic E-state index is 13.4. The van der Waals surface area contributed by atoms with Crippen LogP contribution in [0.25, 0.3) is 0 Å². The van der Waals surface area contributed by atoms with E-state index in [9.17, 15) is 18.0 Å². The molecule has 2 N–H and O–H groups in total. The van der Waals surface area contributed by atoms with E-state index in [4.69, 9.17) is 10.5 Å². The molecule has 2 amide bonds. The molecule has 176 valence electrons. The van der Waals surface area contributed by atoms with Gasteiger partial charge in [-0.05, 0) is 50.3 Å². The van der Waals surface area contributed by atoms with Crippen LogP contribution in [0.15, 0.2) is 53.4 Å². The number of carbonyl (C=O) groups excluding carboxylic acids is 2. The molecule has 0 aliphatic carbocycles. The first-order valence-corrected chi connectivity index (χ1v) is 12.8. The minimum Gasteiger partial charge on any atom is -0.475 e. The molecule has 9 heteroatoms. The second-order valence-corrected chi connectivity index (χ2v) is 10.4. The molecule has 0 saturated carbocycles. The van der Waals surface area contributed by atoms with Crippen LogP contribution in [-0.2, 0) is 14.8 Å². The Bertz CT molecular complexity index is 1110. The number of hydrogen-bond acceptors (Lipinski definition) is 5. The number of likely N-dealkylation sites (tertiary alicyclic amines) is 1. The van der Waals surface area contributed by atoms with Crippen LogP contribution in [0.3, 0.4) is 0 Å². The van der Waals surface area contributed by atoms with E-state index in [0.29, 0.717) is 31.7 Å². The fourth-order valence-electron chi connectivity index (χ4n) is 4.34. The number of piperidine rings is 1. The Morgan fingerprint density at radius 3 is 2.15 bits per heavy atom. The van der Waals surface area contributed by atoms with Gasteiger partial charge in [0.25, 0.3) is 11.8 Å². The molecular weight excluding hydrogens is 442 g/mol. The van der Waals surface area contributed by atoms with E-state index in [2.05, 4.69) is 0 Å². The highest BCUT2D eigenvalue weighted by Gasteiger charge is 2.32. The summed E-state index contributed by atoms with van der Waals surface area (Å²) >= 11 is 0. The Kier molecular flexibility index (Phi) is 6.99. The third-order valence-electron chi connectivity index (χ3n) is 6.16. The van der Waals surface area contributed by atoms with Crippen molar-refractivity contribution < 1.29 is 22.7 Å². The van der Waals surface area contributed by atoms with Gasteiger partial charge in [0.2, 0.25) is 16.1 Å². The van der Waals surface area contributed by atoms with E-state index in [1.807, 2.05) is 18.2 Å². The summed E-state index contributed by atoms with van der Waals surface area (Å²) in [5, 5.41) is 0. The number of nitrogens with zero attached hydrogens (tertiary/aromatic N) is 2. The summed E-state index contributed by atoms with van der Waals surface area (Å²) in [4.78, 5) is 27.4.